The highest BCUT2D eigenvalue weighted by Crippen LogP contribution is 2.22. The van der Waals surface area contributed by atoms with E-state index >= 15 is 0 Å². The van der Waals surface area contributed by atoms with Crippen molar-refractivity contribution >= 4 is 5.97 Å². The molecule has 0 aliphatic carbocycles. The largest absolute Gasteiger partial charge is 0.476 e. The van der Waals surface area contributed by atoms with Crippen LogP contribution in [0.3, 0.4) is 0 Å². The van der Waals surface area contributed by atoms with E-state index in [1.807, 2.05) is 18.2 Å². The van der Waals surface area contributed by atoms with Crippen LogP contribution in [0, 0.1) is 6.92 Å². The van der Waals surface area contributed by atoms with E-state index in [-0.39, 0.29) is 12.2 Å². The molecule has 1 aromatic carbocycles. The van der Waals surface area contributed by atoms with Gasteiger partial charge in [0.2, 0.25) is 11.8 Å². The van der Waals surface area contributed by atoms with E-state index in [9.17, 15) is 9.90 Å². The van der Waals surface area contributed by atoms with Crippen LogP contribution in [-0.4, -0.2) is 36.3 Å². The Labute approximate surface area is 119 Å². The summed E-state index contributed by atoms with van der Waals surface area (Å²) in [5.41, 5.74) is 0.993. The lowest BCUT2D eigenvalue weighted by Crippen LogP contribution is -2.06. The molecule has 2 heterocycles. The van der Waals surface area contributed by atoms with Crippen molar-refractivity contribution in [2.24, 2.45) is 0 Å². The van der Waals surface area contributed by atoms with Gasteiger partial charge in [-0.05, 0) is 0 Å². The van der Waals surface area contributed by atoms with Crippen LogP contribution >= 0.6 is 0 Å². The smallest absolute Gasteiger partial charge is 0.358 e. The zero-order chi connectivity index (χ0) is 14.8. The van der Waals surface area contributed by atoms with Crippen molar-refractivity contribution in [3.63, 3.8) is 0 Å². The first kappa shape index (κ1) is 13.0. The predicted molar refractivity (Wildman–Crippen MR) is 70.6 cm³/mol. The van der Waals surface area contributed by atoms with E-state index in [2.05, 4.69) is 20.5 Å². The Balaban J connectivity index is 2.07. The predicted octanol–water partition coefficient (Wildman–Crippen LogP) is 1.38. The Kier molecular flexibility index (Phi) is 3.19. The number of nitrogens with zero attached hydrogens (tertiary/aromatic N) is 5. The molecule has 8 nitrogen and oxygen atoms in total. The summed E-state index contributed by atoms with van der Waals surface area (Å²) in [5.74, 6) is -0.363. The monoisotopic (exact) mass is 285 g/mol. The van der Waals surface area contributed by atoms with Gasteiger partial charge in [-0.25, -0.2) is 9.48 Å². The lowest BCUT2D eigenvalue weighted by molar-refractivity contribution is 0.0691. The lowest BCUT2D eigenvalue weighted by atomic mass is 10.1. The minimum Gasteiger partial charge on any atom is -0.476 e. The number of rotatable bonds is 4. The van der Waals surface area contributed by atoms with Crippen molar-refractivity contribution in [2.45, 2.75) is 13.5 Å². The second-order valence-electron chi connectivity index (χ2n) is 4.33. The van der Waals surface area contributed by atoms with Crippen molar-refractivity contribution in [1.82, 2.24) is 25.2 Å². The van der Waals surface area contributed by atoms with E-state index in [0.29, 0.717) is 23.0 Å². The Morgan fingerprint density at radius 3 is 2.62 bits per heavy atom. The number of hydrogen-bond donors (Lipinski definition) is 1. The van der Waals surface area contributed by atoms with Gasteiger partial charge < -0.3 is 9.52 Å². The summed E-state index contributed by atoms with van der Waals surface area (Å²) in [6, 6.07) is 9.06. The number of aromatic carboxylic acids is 1. The molecule has 21 heavy (non-hydrogen) atoms. The maximum Gasteiger partial charge on any atom is 0.358 e. The Morgan fingerprint density at radius 2 is 2.00 bits per heavy atom. The molecule has 106 valence electrons. The van der Waals surface area contributed by atoms with Crippen LogP contribution in [0.4, 0.5) is 0 Å². The Bertz CT molecular complexity index is 778. The summed E-state index contributed by atoms with van der Waals surface area (Å²) in [7, 11) is 0. The Morgan fingerprint density at radius 1 is 1.24 bits per heavy atom. The highest BCUT2D eigenvalue weighted by atomic mass is 16.4. The van der Waals surface area contributed by atoms with E-state index in [1.54, 1.807) is 19.1 Å². The van der Waals surface area contributed by atoms with Gasteiger partial charge >= 0.3 is 5.97 Å². The van der Waals surface area contributed by atoms with Gasteiger partial charge in [-0.1, -0.05) is 35.5 Å². The van der Waals surface area contributed by atoms with E-state index < -0.39 is 5.97 Å². The summed E-state index contributed by atoms with van der Waals surface area (Å²) >= 11 is 0. The maximum atomic E-state index is 11.3. The third-order valence-electron chi connectivity index (χ3n) is 2.84. The molecule has 8 heteroatoms. The molecule has 0 unspecified atom stereocenters. The van der Waals surface area contributed by atoms with Gasteiger partial charge in [0.25, 0.3) is 0 Å². The van der Waals surface area contributed by atoms with E-state index in [0.717, 1.165) is 0 Å². The molecule has 0 bridgehead atoms. The minimum atomic E-state index is -1.14. The molecule has 0 saturated carbocycles. The summed E-state index contributed by atoms with van der Waals surface area (Å²) in [6.45, 7) is 1.84. The molecule has 0 spiro atoms. The number of aryl methyl sites for hydroxylation is 1. The van der Waals surface area contributed by atoms with E-state index in [4.69, 9.17) is 4.42 Å². The molecule has 0 aliphatic heterocycles. The normalized spacial score (nSPS) is 10.7. The van der Waals surface area contributed by atoms with Gasteiger partial charge in [0.1, 0.15) is 12.2 Å². The Hall–Kier alpha value is -3.03. The third-order valence-corrected chi connectivity index (χ3v) is 2.84. The van der Waals surface area contributed by atoms with Gasteiger partial charge in [0.05, 0.1) is 0 Å². The molecule has 1 N–H and O–H groups in total. The van der Waals surface area contributed by atoms with Crippen LogP contribution in [0.15, 0.2) is 34.7 Å². The van der Waals surface area contributed by atoms with Crippen LogP contribution in [-0.2, 0) is 6.54 Å². The highest BCUT2D eigenvalue weighted by molar-refractivity contribution is 5.92. The molecular weight excluding hydrogens is 274 g/mol. The molecule has 0 aliphatic rings. The molecule has 3 rings (SSSR count). The van der Waals surface area contributed by atoms with Gasteiger partial charge in [0.15, 0.2) is 5.69 Å². The quantitative estimate of drug-likeness (QED) is 0.771. The van der Waals surface area contributed by atoms with Crippen LogP contribution in [0.1, 0.15) is 22.3 Å². The number of hydrogen-bond acceptors (Lipinski definition) is 6. The van der Waals surface area contributed by atoms with Crippen molar-refractivity contribution in [2.75, 3.05) is 0 Å². The van der Waals surface area contributed by atoms with Gasteiger partial charge in [-0.2, -0.15) is 0 Å². The highest BCUT2D eigenvalue weighted by Gasteiger charge is 2.21. The van der Waals surface area contributed by atoms with Crippen LogP contribution in [0.5, 0.6) is 0 Å². The molecule has 2 aromatic heterocycles. The first-order valence-electron chi connectivity index (χ1n) is 6.16. The van der Waals surface area contributed by atoms with Crippen LogP contribution < -0.4 is 0 Å². The van der Waals surface area contributed by atoms with Crippen LogP contribution in [0.2, 0.25) is 0 Å². The second-order valence-corrected chi connectivity index (χ2v) is 4.33. The second kappa shape index (κ2) is 5.16. The van der Waals surface area contributed by atoms with Gasteiger partial charge in [0, 0.05) is 12.5 Å². The van der Waals surface area contributed by atoms with Gasteiger partial charge in [-0.3, -0.25) is 0 Å². The van der Waals surface area contributed by atoms with Crippen molar-refractivity contribution in [3.05, 3.63) is 47.8 Å². The van der Waals surface area contributed by atoms with Crippen molar-refractivity contribution in [1.29, 1.82) is 0 Å². The molecule has 3 aromatic rings. The van der Waals surface area contributed by atoms with Crippen LogP contribution in [0.25, 0.3) is 11.3 Å². The fourth-order valence-corrected chi connectivity index (χ4v) is 1.98. The fraction of sp³-hybridized carbons (Fsp3) is 0.154. The maximum absolute atomic E-state index is 11.3. The van der Waals surface area contributed by atoms with Crippen molar-refractivity contribution in [3.8, 4) is 11.3 Å². The zero-order valence-electron chi connectivity index (χ0n) is 11.1. The summed E-state index contributed by atoms with van der Waals surface area (Å²) in [4.78, 5) is 11.3. The van der Waals surface area contributed by atoms with Gasteiger partial charge in [-0.15, -0.1) is 15.3 Å². The molecule has 0 radical (unpaired) electrons. The number of carboxylic acids is 1. The SMILES string of the molecule is Cc1nnc(Cn2nnc(C(=O)O)c2-c2ccccc2)o1. The minimum absolute atomic E-state index is 0.113. The topological polar surface area (TPSA) is 107 Å². The molecule has 0 saturated heterocycles. The molecular formula is C13H11N5O3. The average molecular weight is 285 g/mol. The lowest BCUT2D eigenvalue weighted by Gasteiger charge is -2.04. The number of aromatic nitrogens is 5. The number of benzene rings is 1. The molecule has 0 fully saturated rings. The van der Waals surface area contributed by atoms with E-state index in [1.165, 1.54) is 4.68 Å². The van der Waals surface area contributed by atoms with Crippen molar-refractivity contribution < 1.29 is 14.3 Å². The molecule has 0 atom stereocenters. The summed E-state index contributed by atoms with van der Waals surface area (Å²) < 4.78 is 6.73. The first-order valence-corrected chi connectivity index (χ1v) is 6.16. The zero-order valence-corrected chi connectivity index (χ0v) is 11.1. The summed E-state index contributed by atoms with van der Waals surface area (Å²) in [5, 5.41) is 24.4. The molecule has 0 amide bonds. The standard InChI is InChI=1S/C13H11N5O3/c1-8-14-15-10(21-8)7-18-12(9-5-3-2-4-6-9)11(13(19)20)16-17-18/h2-6H,7H2,1H3,(H,19,20). The third kappa shape index (κ3) is 2.50. The number of carboxylic acid groups (broad SMARTS) is 1. The average Bonchev–Trinajstić information content (AvgIpc) is 3.07. The first-order chi connectivity index (χ1) is 10.1. The number of carbonyl (C=O) groups is 1. The fourth-order valence-electron chi connectivity index (χ4n) is 1.98. The summed E-state index contributed by atoms with van der Waals surface area (Å²) in [6.07, 6.45) is 0.